The number of rotatable bonds is 5. The van der Waals surface area contributed by atoms with Crippen LogP contribution in [0.2, 0.25) is 0 Å². The first kappa shape index (κ1) is 17.3. The average molecular weight is 371 g/mol. The topological polar surface area (TPSA) is 93.2 Å². The summed E-state index contributed by atoms with van der Waals surface area (Å²) in [5.41, 5.74) is 1.78. The minimum absolute atomic E-state index is 0.0304. The largest absolute Gasteiger partial charge is 0.497 e. The summed E-state index contributed by atoms with van der Waals surface area (Å²) in [6.45, 7) is 0.247. The smallest absolute Gasteiger partial charge is 0.274 e. The van der Waals surface area contributed by atoms with E-state index in [1.165, 1.54) is 23.5 Å². The van der Waals surface area contributed by atoms with Gasteiger partial charge >= 0.3 is 0 Å². The van der Waals surface area contributed by atoms with E-state index < -0.39 is 12.3 Å². The lowest BCUT2D eigenvalue weighted by molar-refractivity contribution is 0.00886. The highest BCUT2D eigenvalue weighted by atomic mass is 19.1. The average Bonchev–Trinajstić information content (AvgIpc) is 3.28. The van der Waals surface area contributed by atoms with Crippen molar-refractivity contribution in [1.29, 1.82) is 0 Å². The van der Waals surface area contributed by atoms with Gasteiger partial charge in [-0.2, -0.15) is 0 Å². The molecule has 3 aromatic rings. The van der Waals surface area contributed by atoms with Gasteiger partial charge in [-0.3, -0.25) is 9.78 Å². The number of carbonyl (C=O) groups excluding carboxylic acids is 1. The van der Waals surface area contributed by atoms with Crippen molar-refractivity contribution in [2.75, 3.05) is 20.2 Å². The number of alkyl halides is 1. The molecule has 9 heteroatoms. The number of hydrogen-bond donors (Lipinski definition) is 1. The van der Waals surface area contributed by atoms with Gasteiger partial charge in [-0.1, -0.05) is 0 Å². The number of halogens is 1. The van der Waals surface area contributed by atoms with E-state index in [0.29, 0.717) is 5.82 Å². The Labute approximate surface area is 154 Å². The number of benzene rings is 1. The molecule has 1 amide bonds. The van der Waals surface area contributed by atoms with E-state index in [1.54, 1.807) is 7.11 Å². The van der Waals surface area contributed by atoms with Crippen LogP contribution in [0.25, 0.3) is 11.0 Å². The number of carbonyl (C=O) groups is 1. The molecule has 1 N–H and O–H groups in total. The van der Waals surface area contributed by atoms with Gasteiger partial charge in [-0.05, 0) is 12.1 Å². The number of fused-ring (bicyclic) bond motifs is 1. The molecule has 4 rings (SSSR count). The Morgan fingerprint density at radius 2 is 2.26 bits per heavy atom. The SMILES string of the molecule is COc1ccc2nc(COC3CN(C(=O)c4cnccn4)CC3F)[nH]c2c1. The molecule has 3 heterocycles. The Hall–Kier alpha value is -3.07. The first-order valence-corrected chi connectivity index (χ1v) is 8.47. The Morgan fingerprint density at radius 1 is 1.37 bits per heavy atom. The van der Waals surface area contributed by atoms with E-state index in [9.17, 15) is 9.18 Å². The minimum atomic E-state index is -1.27. The van der Waals surface area contributed by atoms with E-state index >= 15 is 0 Å². The number of methoxy groups -OCH3 is 1. The van der Waals surface area contributed by atoms with Crippen molar-refractivity contribution >= 4 is 16.9 Å². The third-order valence-electron chi connectivity index (χ3n) is 4.44. The van der Waals surface area contributed by atoms with Crippen LogP contribution in [0.15, 0.2) is 36.8 Å². The fourth-order valence-corrected chi connectivity index (χ4v) is 3.05. The molecule has 1 saturated heterocycles. The maximum Gasteiger partial charge on any atom is 0.274 e. The number of ether oxygens (including phenoxy) is 2. The Bertz CT molecular complexity index is 949. The molecule has 0 aliphatic carbocycles. The van der Waals surface area contributed by atoms with Crippen molar-refractivity contribution in [3.63, 3.8) is 0 Å². The van der Waals surface area contributed by atoms with Gasteiger partial charge in [-0.15, -0.1) is 0 Å². The number of nitrogens with one attached hydrogen (secondary N) is 1. The van der Waals surface area contributed by atoms with Crippen molar-refractivity contribution in [3.8, 4) is 5.75 Å². The van der Waals surface area contributed by atoms with E-state index in [4.69, 9.17) is 9.47 Å². The van der Waals surface area contributed by atoms with Crippen LogP contribution in [0.3, 0.4) is 0 Å². The number of imidazole rings is 1. The lowest BCUT2D eigenvalue weighted by Gasteiger charge is -2.15. The van der Waals surface area contributed by atoms with E-state index in [-0.39, 0.29) is 31.3 Å². The van der Waals surface area contributed by atoms with Crippen molar-refractivity contribution in [2.24, 2.45) is 0 Å². The zero-order chi connectivity index (χ0) is 18.8. The van der Waals surface area contributed by atoms with E-state index in [1.807, 2.05) is 18.2 Å². The van der Waals surface area contributed by atoms with Crippen molar-refractivity contribution in [1.82, 2.24) is 24.8 Å². The summed E-state index contributed by atoms with van der Waals surface area (Å²) in [6, 6.07) is 5.49. The number of aromatic nitrogens is 4. The van der Waals surface area contributed by atoms with Crippen LogP contribution in [0.5, 0.6) is 5.75 Å². The number of hydrogen-bond acceptors (Lipinski definition) is 6. The summed E-state index contributed by atoms with van der Waals surface area (Å²) in [6.07, 6.45) is 2.30. The second-order valence-electron chi connectivity index (χ2n) is 6.23. The molecule has 1 fully saturated rings. The molecule has 1 aliphatic rings. The molecule has 2 aromatic heterocycles. The molecule has 1 aliphatic heterocycles. The van der Waals surface area contributed by atoms with Crippen LogP contribution in [0, 0.1) is 0 Å². The fraction of sp³-hybridized carbons (Fsp3) is 0.333. The predicted molar refractivity (Wildman–Crippen MR) is 94.1 cm³/mol. The van der Waals surface area contributed by atoms with Gasteiger partial charge in [0.25, 0.3) is 5.91 Å². The fourth-order valence-electron chi connectivity index (χ4n) is 3.05. The molecule has 2 atom stereocenters. The third kappa shape index (κ3) is 3.59. The highest BCUT2D eigenvalue weighted by Crippen LogP contribution is 2.22. The summed E-state index contributed by atoms with van der Waals surface area (Å²) in [5, 5.41) is 0. The zero-order valence-electron chi connectivity index (χ0n) is 14.6. The molecule has 0 radical (unpaired) electrons. The van der Waals surface area contributed by atoms with Gasteiger partial charge in [0.15, 0.2) is 0 Å². The van der Waals surface area contributed by atoms with Crippen LogP contribution in [-0.4, -0.2) is 63.2 Å². The minimum Gasteiger partial charge on any atom is -0.497 e. The van der Waals surface area contributed by atoms with Crippen LogP contribution in [-0.2, 0) is 11.3 Å². The van der Waals surface area contributed by atoms with Gasteiger partial charge in [0.05, 0.1) is 37.4 Å². The molecule has 0 saturated carbocycles. The maximum atomic E-state index is 14.3. The highest BCUT2D eigenvalue weighted by molar-refractivity contribution is 5.92. The number of amides is 1. The summed E-state index contributed by atoms with van der Waals surface area (Å²) >= 11 is 0. The molecule has 0 spiro atoms. The molecule has 0 bridgehead atoms. The van der Waals surface area contributed by atoms with Gasteiger partial charge < -0.3 is 19.4 Å². The first-order chi connectivity index (χ1) is 13.1. The standard InChI is InChI=1S/C18H18FN5O3/c1-26-11-2-3-13-14(6-11)23-17(22-13)10-27-16-9-24(8-12(16)19)18(25)15-7-20-4-5-21-15/h2-7,12,16H,8-10H2,1H3,(H,22,23). The van der Waals surface area contributed by atoms with E-state index in [2.05, 4.69) is 19.9 Å². The molecular formula is C18H18FN5O3. The summed E-state index contributed by atoms with van der Waals surface area (Å²) in [4.78, 5) is 29.1. The van der Waals surface area contributed by atoms with Crippen LogP contribution >= 0.6 is 0 Å². The Balaban J connectivity index is 1.39. The van der Waals surface area contributed by atoms with Crippen molar-refractivity contribution < 1.29 is 18.7 Å². The zero-order valence-corrected chi connectivity index (χ0v) is 14.6. The number of aromatic amines is 1. The third-order valence-corrected chi connectivity index (χ3v) is 4.44. The molecule has 27 heavy (non-hydrogen) atoms. The molecule has 8 nitrogen and oxygen atoms in total. The van der Waals surface area contributed by atoms with Gasteiger partial charge in [-0.25, -0.2) is 14.4 Å². The lowest BCUT2D eigenvalue weighted by Crippen LogP contribution is -2.30. The molecule has 2 unspecified atom stereocenters. The number of H-pyrrole nitrogens is 1. The first-order valence-electron chi connectivity index (χ1n) is 8.47. The van der Waals surface area contributed by atoms with Crippen molar-refractivity contribution in [2.45, 2.75) is 18.9 Å². The number of likely N-dealkylation sites (tertiary alicyclic amines) is 1. The Kier molecular flexibility index (Phi) is 4.68. The molecule has 1 aromatic carbocycles. The molecule has 140 valence electrons. The predicted octanol–water partition coefficient (Wildman–Crippen LogP) is 1.74. The number of nitrogens with zero attached hydrogens (tertiary/aromatic N) is 4. The summed E-state index contributed by atoms with van der Waals surface area (Å²) in [7, 11) is 1.59. The second kappa shape index (κ2) is 7.28. The second-order valence-corrected chi connectivity index (χ2v) is 6.23. The quantitative estimate of drug-likeness (QED) is 0.734. The highest BCUT2D eigenvalue weighted by Gasteiger charge is 2.37. The normalized spacial score (nSPS) is 19.6. The van der Waals surface area contributed by atoms with Crippen LogP contribution < -0.4 is 4.74 Å². The summed E-state index contributed by atoms with van der Waals surface area (Å²) in [5.74, 6) is 0.952. The van der Waals surface area contributed by atoms with Gasteiger partial charge in [0.2, 0.25) is 0 Å². The summed E-state index contributed by atoms with van der Waals surface area (Å²) < 4.78 is 25.2. The lowest BCUT2D eigenvalue weighted by atomic mass is 10.3. The maximum absolute atomic E-state index is 14.3. The van der Waals surface area contributed by atoms with E-state index in [0.717, 1.165) is 16.8 Å². The molecular weight excluding hydrogens is 353 g/mol. The van der Waals surface area contributed by atoms with Crippen LogP contribution in [0.1, 0.15) is 16.3 Å². The Morgan fingerprint density at radius 3 is 3.04 bits per heavy atom. The van der Waals surface area contributed by atoms with Crippen LogP contribution in [0.4, 0.5) is 4.39 Å². The van der Waals surface area contributed by atoms with Gasteiger partial charge in [0, 0.05) is 18.5 Å². The van der Waals surface area contributed by atoms with Gasteiger partial charge in [0.1, 0.15) is 36.2 Å². The monoisotopic (exact) mass is 371 g/mol. The van der Waals surface area contributed by atoms with Crippen molar-refractivity contribution in [3.05, 3.63) is 48.3 Å².